The maximum atomic E-state index is 11.5. The summed E-state index contributed by atoms with van der Waals surface area (Å²) in [6.45, 7) is 0.619. The second-order valence-electron chi connectivity index (χ2n) is 3.03. The van der Waals surface area contributed by atoms with Crippen LogP contribution in [0.3, 0.4) is 0 Å². The van der Waals surface area contributed by atoms with Crippen molar-refractivity contribution in [2.75, 3.05) is 25.2 Å². The summed E-state index contributed by atoms with van der Waals surface area (Å²) >= 11 is 1.46. The first-order valence-electron chi connectivity index (χ1n) is 4.58. The number of nitrogens with two attached hydrogens (primary N) is 1. The maximum absolute atomic E-state index is 11.5. The molecule has 0 atom stereocenters. The van der Waals surface area contributed by atoms with Gasteiger partial charge < -0.3 is 15.5 Å². The molecule has 0 aliphatic heterocycles. The Kier molecular flexibility index (Phi) is 3.11. The highest BCUT2D eigenvalue weighted by atomic mass is 32.2. The predicted octanol–water partition coefficient (Wildman–Crippen LogP) is 0.459. The fourth-order valence-electron chi connectivity index (χ4n) is 1.19. The summed E-state index contributed by atoms with van der Waals surface area (Å²) in [5.41, 5.74) is 5.77. The van der Waals surface area contributed by atoms with Gasteiger partial charge in [0, 0.05) is 15.7 Å². The SMILES string of the molecule is COCCSc1nc2nc(N)[nH]c(=O)c2[nH]1.[HH].[HH]. The van der Waals surface area contributed by atoms with Crippen LogP contribution in [-0.4, -0.2) is 39.4 Å². The van der Waals surface area contributed by atoms with Gasteiger partial charge in [-0.1, -0.05) is 11.8 Å². The largest absolute Gasteiger partial charge is 0.384 e. The van der Waals surface area contributed by atoms with E-state index < -0.39 is 0 Å². The third kappa shape index (κ3) is 2.17. The van der Waals surface area contributed by atoms with Gasteiger partial charge in [0.2, 0.25) is 5.95 Å². The van der Waals surface area contributed by atoms with Gasteiger partial charge in [-0.15, -0.1) is 0 Å². The first-order chi connectivity index (χ1) is 7.70. The summed E-state index contributed by atoms with van der Waals surface area (Å²) in [5, 5.41) is 0.635. The summed E-state index contributed by atoms with van der Waals surface area (Å²) < 4.78 is 4.91. The van der Waals surface area contributed by atoms with Crippen LogP contribution in [0.5, 0.6) is 0 Å². The van der Waals surface area contributed by atoms with Crippen molar-refractivity contribution in [3.63, 3.8) is 0 Å². The zero-order valence-corrected chi connectivity index (χ0v) is 9.43. The molecule has 2 aromatic heterocycles. The van der Waals surface area contributed by atoms with E-state index in [2.05, 4.69) is 19.9 Å². The minimum atomic E-state index is -0.311. The zero-order chi connectivity index (χ0) is 11.5. The number of hydrogen-bond donors (Lipinski definition) is 3. The van der Waals surface area contributed by atoms with E-state index >= 15 is 0 Å². The van der Waals surface area contributed by atoms with Gasteiger partial charge in [0.15, 0.2) is 16.3 Å². The molecule has 0 aliphatic rings. The summed E-state index contributed by atoms with van der Waals surface area (Å²) in [6.07, 6.45) is 0. The molecule has 2 aromatic rings. The molecular formula is C8H15N5O2S. The number of rotatable bonds is 4. The van der Waals surface area contributed by atoms with Crippen LogP contribution in [-0.2, 0) is 4.74 Å². The number of aromatic amines is 2. The molecule has 2 rings (SSSR count). The maximum Gasteiger partial charge on any atom is 0.278 e. The Bertz CT molecular complexity index is 558. The Morgan fingerprint density at radius 1 is 1.50 bits per heavy atom. The lowest BCUT2D eigenvalue weighted by Gasteiger charge is -1.94. The molecule has 0 saturated carbocycles. The average molecular weight is 245 g/mol. The number of nitrogens with one attached hydrogen (secondary N) is 2. The molecule has 2 heterocycles. The molecule has 0 aromatic carbocycles. The van der Waals surface area contributed by atoms with E-state index in [1.165, 1.54) is 11.8 Å². The monoisotopic (exact) mass is 245 g/mol. The molecule has 0 radical (unpaired) electrons. The molecule has 90 valence electrons. The number of aromatic nitrogens is 4. The van der Waals surface area contributed by atoms with Crippen LogP contribution in [0.25, 0.3) is 11.2 Å². The van der Waals surface area contributed by atoms with E-state index in [1.54, 1.807) is 7.11 Å². The Morgan fingerprint density at radius 3 is 3.06 bits per heavy atom. The summed E-state index contributed by atoms with van der Waals surface area (Å²) in [7, 11) is 1.63. The number of methoxy groups -OCH3 is 1. The van der Waals surface area contributed by atoms with Gasteiger partial charge in [-0.25, -0.2) is 4.98 Å². The van der Waals surface area contributed by atoms with Crippen LogP contribution in [0.2, 0.25) is 0 Å². The van der Waals surface area contributed by atoms with Crippen LogP contribution >= 0.6 is 11.8 Å². The van der Waals surface area contributed by atoms with Crippen LogP contribution in [0.4, 0.5) is 5.95 Å². The van der Waals surface area contributed by atoms with Gasteiger partial charge >= 0.3 is 0 Å². The Hall–Kier alpha value is -1.54. The number of fused-ring (bicyclic) bond motifs is 1. The first-order valence-corrected chi connectivity index (χ1v) is 5.56. The third-order valence-electron chi connectivity index (χ3n) is 1.88. The number of nitrogens with zero attached hydrogens (tertiary/aromatic N) is 2. The fraction of sp³-hybridized carbons (Fsp3) is 0.375. The van der Waals surface area contributed by atoms with Gasteiger partial charge in [-0.05, 0) is 0 Å². The van der Waals surface area contributed by atoms with Gasteiger partial charge in [0.05, 0.1) is 6.61 Å². The van der Waals surface area contributed by atoms with Crippen LogP contribution in [0, 0.1) is 0 Å². The van der Waals surface area contributed by atoms with E-state index in [1.807, 2.05) is 0 Å². The summed E-state index contributed by atoms with van der Waals surface area (Å²) in [5.74, 6) is 0.821. The Labute approximate surface area is 97.8 Å². The van der Waals surface area contributed by atoms with Crippen LogP contribution in [0.15, 0.2) is 9.95 Å². The number of anilines is 1. The van der Waals surface area contributed by atoms with Gasteiger partial charge in [-0.3, -0.25) is 9.78 Å². The van der Waals surface area contributed by atoms with Crippen LogP contribution in [0.1, 0.15) is 2.85 Å². The molecule has 0 amide bonds. The first kappa shape index (κ1) is 11.0. The van der Waals surface area contributed by atoms with E-state index in [0.29, 0.717) is 22.9 Å². The number of imidazole rings is 1. The van der Waals surface area contributed by atoms with E-state index in [4.69, 9.17) is 10.5 Å². The van der Waals surface area contributed by atoms with Gasteiger partial charge in [-0.2, -0.15) is 4.98 Å². The molecule has 0 bridgehead atoms. The lowest BCUT2D eigenvalue weighted by Crippen LogP contribution is -2.10. The van der Waals surface area contributed by atoms with Crippen molar-refractivity contribution in [2.24, 2.45) is 0 Å². The quantitative estimate of drug-likeness (QED) is 0.533. The van der Waals surface area contributed by atoms with Crippen molar-refractivity contribution in [2.45, 2.75) is 5.16 Å². The molecule has 0 saturated heterocycles. The molecule has 0 spiro atoms. The highest BCUT2D eigenvalue weighted by molar-refractivity contribution is 7.99. The molecule has 0 unspecified atom stereocenters. The minimum absolute atomic E-state index is 0. The third-order valence-corrected chi connectivity index (χ3v) is 2.72. The molecule has 8 heteroatoms. The highest BCUT2D eigenvalue weighted by Crippen LogP contribution is 2.15. The van der Waals surface area contributed by atoms with Crippen molar-refractivity contribution in [3.05, 3.63) is 10.4 Å². The average Bonchev–Trinajstić information content (AvgIpc) is 2.61. The number of thioether (sulfide) groups is 1. The van der Waals surface area contributed by atoms with E-state index in [-0.39, 0.29) is 14.4 Å². The smallest absolute Gasteiger partial charge is 0.278 e. The molecule has 0 fully saturated rings. The van der Waals surface area contributed by atoms with E-state index in [9.17, 15) is 4.79 Å². The molecule has 4 N–H and O–H groups in total. The standard InChI is InChI=1S/C8H11N5O2S.2H2/c1-15-2-3-16-8-10-4-5(12-8)11-7(9)13-6(4)14;;/h2-3H2,1H3,(H4,9,10,11,12,13,14);2*1H. The van der Waals surface area contributed by atoms with Crippen molar-refractivity contribution < 1.29 is 7.59 Å². The Morgan fingerprint density at radius 2 is 2.31 bits per heavy atom. The van der Waals surface area contributed by atoms with Crippen molar-refractivity contribution in [1.29, 1.82) is 0 Å². The topological polar surface area (TPSA) is 110 Å². The summed E-state index contributed by atoms with van der Waals surface area (Å²) in [6, 6.07) is 0. The minimum Gasteiger partial charge on any atom is -0.384 e. The summed E-state index contributed by atoms with van der Waals surface area (Å²) in [4.78, 5) is 24.8. The molecule has 7 nitrogen and oxygen atoms in total. The fourth-order valence-corrected chi connectivity index (χ4v) is 1.96. The number of nitrogen functional groups attached to an aromatic ring is 1. The molecule has 0 aliphatic carbocycles. The van der Waals surface area contributed by atoms with Crippen molar-refractivity contribution in [3.8, 4) is 0 Å². The second kappa shape index (κ2) is 4.54. The zero-order valence-electron chi connectivity index (χ0n) is 8.61. The van der Waals surface area contributed by atoms with Crippen molar-refractivity contribution in [1.82, 2.24) is 19.9 Å². The lowest BCUT2D eigenvalue weighted by molar-refractivity contribution is 0.218. The molecule has 16 heavy (non-hydrogen) atoms. The number of ether oxygens (including phenoxy) is 1. The van der Waals surface area contributed by atoms with Gasteiger partial charge in [0.25, 0.3) is 5.56 Å². The Balaban J connectivity index is 0.00000144. The number of hydrogen-bond acceptors (Lipinski definition) is 6. The normalized spacial score (nSPS) is 11.1. The van der Waals surface area contributed by atoms with Crippen molar-refractivity contribution >= 4 is 28.9 Å². The van der Waals surface area contributed by atoms with Crippen LogP contribution < -0.4 is 11.3 Å². The number of H-pyrrole nitrogens is 2. The highest BCUT2D eigenvalue weighted by Gasteiger charge is 2.08. The lowest BCUT2D eigenvalue weighted by atomic mass is 10.5. The second-order valence-corrected chi connectivity index (χ2v) is 4.12. The van der Waals surface area contributed by atoms with Gasteiger partial charge in [0.1, 0.15) is 0 Å². The molecular weight excluding hydrogens is 230 g/mol. The predicted molar refractivity (Wildman–Crippen MR) is 65.7 cm³/mol. The van der Waals surface area contributed by atoms with E-state index in [0.717, 1.165) is 5.75 Å².